The second-order valence-corrected chi connectivity index (χ2v) is 6.50. The maximum absolute atomic E-state index is 12.2. The van der Waals surface area contributed by atoms with Gasteiger partial charge in [-0.2, -0.15) is 5.26 Å². The fraction of sp³-hybridized carbons (Fsp3) is 0.417. The Morgan fingerprint density at radius 1 is 1.41 bits per heavy atom. The Kier molecular flexibility index (Phi) is 2.63. The zero-order chi connectivity index (χ0) is 12.7. The van der Waals surface area contributed by atoms with Gasteiger partial charge >= 0.3 is 0 Å². The van der Waals surface area contributed by atoms with Crippen LogP contribution in [0, 0.1) is 18.3 Å². The Bertz CT molecular complexity index is 595. The molecule has 5 heteroatoms. The van der Waals surface area contributed by atoms with Gasteiger partial charge in [0.05, 0.1) is 18.1 Å². The van der Waals surface area contributed by atoms with Crippen molar-refractivity contribution in [3.05, 3.63) is 23.8 Å². The maximum atomic E-state index is 12.2. The molecule has 0 amide bonds. The fourth-order valence-corrected chi connectivity index (χ4v) is 3.59. The molecule has 0 atom stereocenters. The summed E-state index contributed by atoms with van der Waals surface area (Å²) in [4.78, 5) is 0.204. The first-order valence-corrected chi connectivity index (χ1v) is 6.76. The van der Waals surface area contributed by atoms with Gasteiger partial charge in [0.25, 0.3) is 0 Å². The molecule has 0 aromatic heterocycles. The average Bonchev–Trinajstić information content (AvgIpc) is 3.10. The smallest absolute Gasteiger partial charge is 0.197 e. The number of nitrogens with zero attached hydrogens (tertiary/aromatic N) is 1. The van der Waals surface area contributed by atoms with E-state index in [0.717, 1.165) is 5.56 Å². The SMILES string of the molecule is COc1ccc(S(=O)(=O)C2(C#N)CC2)cc1C. The van der Waals surface area contributed by atoms with Crippen LogP contribution in [0.3, 0.4) is 0 Å². The first kappa shape index (κ1) is 11.9. The van der Waals surface area contributed by atoms with E-state index in [-0.39, 0.29) is 4.90 Å². The predicted molar refractivity (Wildman–Crippen MR) is 62.5 cm³/mol. The first-order valence-electron chi connectivity index (χ1n) is 5.27. The van der Waals surface area contributed by atoms with Gasteiger partial charge in [0.2, 0.25) is 0 Å². The molecule has 0 N–H and O–H groups in total. The molecule has 1 saturated carbocycles. The van der Waals surface area contributed by atoms with Crippen LogP contribution in [0.2, 0.25) is 0 Å². The van der Waals surface area contributed by atoms with E-state index in [2.05, 4.69) is 0 Å². The Balaban J connectivity index is 2.49. The molecule has 1 aromatic carbocycles. The third-order valence-electron chi connectivity index (χ3n) is 3.10. The van der Waals surface area contributed by atoms with Gasteiger partial charge in [0.1, 0.15) is 5.75 Å². The normalized spacial score (nSPS) is 17.2. The molecule has 1 fully saturated rings. The number of methoxy groups -OCH3 is 1. The average molecular weight is 251 g/mol. The van der Waals surface area contributed by atoms with Gasteiger partial charge in [-0.1, -0.05) is 0 Å². The van der Waals surface area contributed by atoms with Gasteiger partial charge in [-0.15, -0.1) is 0 Å². The second-order valence-electron chi connectivity index (χ2n) is 4.24. The lowest BCUT2D eigenvalue weighted by molar-refractivity contribution is 0.411. The van der Waals surface area contributed by atoms with Crippen molar-refractivity contribution in [2.24, 2.45) is 0 Å². The first-order chi connectivity index (χ1) is 7.97. The number of hydrogen-bond acceptors (Lipinski definition) is 4. The van der Waals surface area contributed by atoms with Crippen LogP contribution in [0.4, 0.5) is 0 Å². The van der Waals surface area contributed by atoms with E-state index in [1.807, 2.05) is 6.07 Å². The van der Waals surface area contributed by atoms with Gasteiger partial charge in [-0.25, -0.2) is 8.42 Å². The molecule has 1 aromatic rings. The van der Waals surface area contributed by atoms with E-state index in [1.54, 1.807) is 19.1 Å². The lowest BCUT2D eigenvalue weighted by Crippen LogP contribution is -2.21. The number of aryl methyl sites for hydroxylation is 1. The molecule has 0 aliphatic heterocycles. The molecule has 0 unspecified atom stereocenters. The van der Waals surface area contributed by atoms with Crippen LogP contribution < -0.4 is 4.74 Å². The number of sulfone groups is 1. The van der Waals surface area contributed by atoms with Gasteiger partial charge < -0.3 is 4.74 Å². The number of ether oxygens (including phenoxy) is 1. The molecular formula is C12H13NO3S. The van der Waals surface area contributed by atoms with E-state index in [9.17, 15) is 8.42 Å². The molecule has 1 aliphatic carbocycles. The van der Waals surface area contributed by atoms with Gasteiger partial charge in [0, 0.05) is 0 Å². The lowest BCUT2D eigenvalue weighted by atomic mass is 10.2. The van der Waals surface area contributed by atoms with Crippen molar-refractivity contribution in [2.75, 3.05) is 7.11 Å². The third kappa shape index (κ3) is 1.69. The minimum absolute atomic E-state index is 0.204. The van der Waals surface area contributed by atoms with Gasteiger partial charge in [0.15, 0.2) is 14.6 Å². The van der Waals surface area contributed by atoms with Gasteiger partial charge in [-0.3, -0.25) is 0 Å². The van der Waals surface area contributed by atoms with Crippen molar-refractivity contribution in [3.8, 4) is 11.8 Å². The van der Waals surface area contributed by atoms with Crippen molar-refractivity contribution < 1.29 is 13.2 Å². The van der Waals surface area contributed by atoms with Crippen LogP contribution in [-0.4, -0.2) is 20.3 Å². The molecule has 4 nitrogen and oxygen atoms in total. The van der Waals surface area contributed by atoms with Crippen LogP contribution in [-0.2, 0) is 9.84 Å². The van der Waals surface area contributed by atoms with Crippen molar-refractivity contribution in [3.63, 3.8) is 0 Å². The summed E-state index contributed by atoms with van der Waals surface area (Å²) in [5, 5.41) is 8.97. The van der Waals surface area contributed by atoms with Crippen LogP contribution in [0.15, 0.2) is 23.1 Å². The standard InChI is InChI=1S/C12H13NO3S/c1-9-7-10(3-4-11(9)16-2)17(14,15)12(8-13)5-6-12/h3-4,7H,5-6H2,1-2H3. The van der Waals surface area contributed by atoms with Crippen LogP contribution in [0.1, 0.15) is 18.4 Å². The molecule has 90 valence electrons. The molecular weight excluding hydrogens is 238 g/mol. The monoisotopic (exact) mass is 251 g/mol. The van der Waals surface area contributed by atoms with E-state index in [1.165, 1.54) is 13.2 Å². The fourth-order valence-electron chi connectivity index (χ4n) is 1.80. The molecule has 0 bridgehead atoms. The number of benzene rings is 1. The number of nitriles is 1. The zero-order valence-electron chi connectivity index (χ0n) is 9.73. The van der Waals surface area contributed by atoms with Crippen LogP contribution >= 0.6 is 0 Å². The summed E-state index contributed by atoms with van der Waals surface area (Å²) < 4.78 is 28.4. The number of hydrogen-bond donors (Lipinski definition) is 0. The molecule has 0 radical (unpaired) electrons. The summed E-state index contributed by atoms with van der Waals surface area (Å²) in [6, 6.07) is 6.60. The highest BCUT2D eigenvalue weighted by Crippen LogP contribution is 2.46. The topological polar surface area (TPSA) is 67.2 Å². The highest BCUT2D eigenvalue weighted by atomic mass is 32.2. The Hall–Kier alpha value is -1.54. The number of rotatable bonds is 3. The van der Waals surface area contributed by atoms with Crippen LogP contribution in [0.25, 0.3) is 0 Å². The maximum Gasteiger partial charge on any atom is 0.197 e. The van der Waals surface area contributed by atoms with Crippen molar-refractivity contribution in [1.82, 2.24) is 0 Å². The third-order valence-corrected chi connectivity index (χ3v) is 5.50. The summed E-state index contributed by atoms with van der Waals surface area (Å²) in [5.74, 6) is 0.644. The summed E-state index contributed by atoms with van der Waals surface area (Å²) in [5.41, 5.74) is 0.752. The van der Waals surface area contributed by atoms with Crippen molar-refractivity contribution in [1.29, 1.82) is 5.26 Å². The van der Waals surface area contributed by atoms with Crippen molar-refractivity contribution in [2.45, 2.75) is 29.4 Å². The van der Waals surface area contributed by atoms with E-state index in [0.29, 0.717) is 18.6 Å². The molecule has 17 heavy (non-hydrogen) atoms. The largest absolute Gasteiger partial charge is 0.496 e. The molecule has 0 spiro atoms. The van der Waals surface area contributed by atoms with E-state index < -0.39 is 14.6 Å². The van der Waals surface area contributed by atoms with Crippen molar-refractivity contribution >= 4 is 9.84 Å². The summed E-state index contributed by atoms with van der Waals surface area (Å²) in [6.07, 6.45) is 0.855. The summed E-state index contributed by atoms with van der Waals surface area (Å²) in [7, 11) is -2.01. The van der Waals surface area contributed by atoms with Gasteiger partial charge in [-0.05, 0) is 43.5 Å². The Morgan fingerprint density at radius 2 is 2.06 bits per heavy atom. The van der Waals surface area contributed by atoms with Crippen LogP contribution in [0.5, 0.6) is 5.75 Å². The summed E-state index contributed by atoms with van der Waals surface area (Å²) in [6.45, 7) is 1.78. The highest BCUT2D eigenvalue weighted by molar-refractivity contribution is 7.93. The molecule has 0 saturated heterocycles. The second kappa shape index (κ2) is 3.74. The Morgan fingerprint density at radius 3 is 2.47 bits per heavy atom. The Labute approximate surface area is 101 Å². The minimum Gasteiger partial charge on any atom is -0.496 e. The zero-order valence-corrected chi connectivity index (χ0v) is 10.5. The lowest BCUT2D eigenvalue weighted by Gasteiger charge is -2.11. The summed E-state index contributed by atoms with van der Waals surface area (Å²) >= 11 is 0. The molecule has 2 rings (SSSR count). The highest BCUT2D eigenvalue weighted by Gasteiger charge is 2.56. The molecule has 1 aliphatic rings. The molecule has 0 heterocycles. The predicted octanol–water partition coefficient (Wildman–Crippen LogP) is 1.83. The quantitative estimate of drug-likeness (QED) is 0.822. The van der Waals surface area contributed by atoms with E-state index in [4.69, 9.17) is 10.00 Å². The van der Waals surface area contributed by atoms with E-state index >= 15 is 0 Å². The minimum atomic E-state index is -3.54.